The number of nitrogen functional groups attached to an aromatic ring is 2. The second kappa shape index (κ2) is 5.96. The van der Waals surface area contributed by atoms with Crippen molar-refractivity contribution in [3.05, 3.63) is 53.6 Å². The third kappa shape index (κ3) is 3.30. The van der Waals surface area contributed by atoms with E-state index in [1.54, 1.807) is 43.4 Å². The van der Waals surface area contributed by atoms with Crippen molar-refractivity contribution < 1.29 is 9.59 Å². The maximum absolute atomic E-state index is 12.2. The van der Waals surface area contributed by atoms with Gasteiger partial charge in [0, 0.05) is 29.7 Å². The summed E-state index contributed by atoms with van der Waals surface area (Å²) in [4.78, 5) is 23.7. The number of nitrogens with one attached hydrogen (secondary N) is 2. The minimum Gasteiger partial charge on any atom is -0.399 e. The van der Waals surface area contributed by atoms with Gasteiger partial charge < -0.3 is 22.1 Å². The number of rotatable bonds is 3. The Labute approximate surface area is 122 Å². The van der Waals surface area contributed by atoms with Crippen LogP contribution in [0.2, 0.25) is 0 Å². The molecule has 6 N–H and O–H groups in total. The zero-order valence-corrected chi connectivity index (χ0v) is 11.5. The summed E-state index contributed by atoms with van der Waals surface area (Å²) in [6.07, 6.45) is 0. The molecule has 2 aromatic rings. The Morgan fingerprint density at radius 1 is 1.00 bits per heavy atom. The average Bonchev–Trinajstić information content (AvgIpc) is 2.46. The van der Waals surface area contributed by atoms with Crippen molar-refractivity contribution >= 4 is 28.9 Å². The van der Waals surface area contributed by atoms with Gasteiger partial charge in [0.1, 0.15) is 0 Å². The number of benzene rings is 2. The highest BCUT2D eigenvalue weighted by Crippen LogP contribution is 2.18. The normalized spacial score (nSPS) is 9.95. The fraction of sp³-hybridized carbons (Fsp3) is 0.0667. The lowest BCUT2D eigenvalue weighted by Gasteiger charge is -2.09. The van der Waals surface area contributed by atoms with Gasteiger partial charge in [-0.2, -0.15) is 0 Å². The molecule has 0 bridgehead atoms. The molecule has 0 fully saturated rings. The van der Waals surface area contributed by atoms with Gasteiger partial charge in [-0.05, 0) is 36.4 Å². The molecule has 0 aliphatic rings. The zero-order chi connectivity index (χ0) is 15.4. The maximum Gasteiger partial charge on any atom is 0.257 e. The minimum atomic E-state index is -0.360. The predicted molar refractivity (Wildman–Crippen MR) is 83.1 cm³/mol. The van der Waals surface area contributed by atoms with Gasteiger partial charge >= 0.3 is 0 Å². The molecular weight excluding hydrogens is 268 g/mol. The fourth-order valence-electron chi connectivity index (χ4n) is 1.87. The molecule has 0 spiro atoms. The van der Waals surface area contributed by atoms with Crippen molar-refractivity contribution in [3.8, 4) is 0 Å². The summed E-state index contributed by atoms with van der Waals surface area (Å²) in [6, 6.07) is 11.3. The van der Waals surface area contributed by atoms with Crippen molar-refractivity contribution in [2.75, 3.05) is 23.8 Å². The first-order valence-corrected chi connectivity index (χ1v) is 6.29. The molecule has 2 amide bonds. The molecule has 2 rings (SSSR count). The third-order valence-electron chi connectivity index (χ3n) is 2.93. The summed E-state index contributed by atoms with van der Waals surface area (Å²) in [7, 11) is 1.54. The smallest absolute Gasteiger partial charge is 0.257 e. The first-order chi connectivity index (χ1) is 10.0. The molecule has 21 heavy (non-hydrogen) atoms. The number of nitrogens with two attached hydrogens (primary N) is 2. The van der Waals surface area contributed by atoms with Gasteiger partial charge in [-0.15, -0.1) is 0 Å². The van der Waals surface area contributed by atoms with Crippen LogP contribution in [0.4, 0.5) is 17.1 Å². The van der Waals surface area contributed by atoms with E-state index in [2.05, 4.69) is 10.6 Å². The summed E-state index contributed by atoms with van der Waals surface area (Å²) < 4.78 is 0. The van der Waals surface area contributed by atoms with Gasteiger partial charge in [0.05, 0.1) is 5.56 Å². The molecular formula is C15H16N4O2. The van der Waals surface area contributed by atoms with Crippen LogP contribution < -0.4 is 22.1 Å². The van der Waals surface area contributed by atoms with E-state index >= 15 is 0 Å². The van der Waals surface area contributed by atoms with Gasteiger partial charge in [0.25, 0.3) is 11.8 Å². The van der Waals surface area contributed by atoms with Crippen molar-refractivity contribution in [2.24, 2.45) is 0 Å². The van der Waals surface area contributed by atoms with Crippen molar-refractivity contribution in [1.29, 1.82) is 0 Å². The fourth-order valence-corrected chi connectivity index (χ4v) is 1.87. The van der Waals surface area contributed by atoms with E-state index in [4.69, 9.17) is 11.5 Å². The van der Waals surface area contributed by atoms with E-state index in [1.165, 1.54) is 6.07 Å². The molecule has 2 aromatic carbocycles. The van der Waals surface area contributed by atoms with Crippen LogP contribution in [-0.4, -0.2) is 18.9 Å². The van der Waals surface area contributed by atoms with Crippen LogP contribution in [0, 0.1) is 0 Å². The van der Waals surface area contributed by atoms with Crippen LogP contribution in [0.3, 0.4) is 0 Å². The lowest BCUT2D eigenvalue weighted by atomic mass is 10.1. The van der Waals surface area contributed by atoms with Gasteiger partial charge in [-0.25, -0.2) is 0 Å². The van der Waals surface area contributed by atoms with Crippen molar-refractivity contribution in [1.82, 2.24) is 5.32 Å². The monoisotopic (exact) mass is 284 g/mol. The number of carbonyl (C=O) groups excluding carboxylic acids is 2. The van der Waals surface area contributed by atoms with Crippen LogP contribution in [0.15, 0.2) is 42.5 Å². The van der Waals surface area contributed by atoms with Gasteiger partial charge in [0.2, 0.25) is 0 Å². The molecule has 0 atom stereocenters. The third-order valence-corrected chi connectivity index (χ3v) is 2.93. The van der Waals surface area contributed by atoms with Gasteiger partial charge in [-0.1, -0.05) is 6.07 Å². The SMILES string of the molecule is CNC(=O)c1cccc(NC(=O)c2ccc(N)cc2N)c1. The molecule has 0 unspecified atom stereocenters. The number of amides is 2. The largest absolute Gasteiger partial charge is 0.399 e. The van der Waals surface area contributed by atoms with Crippen LogP contribution in [0.1, 0.15) is 20.7 Å². The van der Waals surface area contributed by atoms with Gasteiger partial charge in [-0.3, -0.25) is 9.59 Å². The quantitative estimate of drug-likeness (QED) is 0.639. The molecule has 0 saturated carbocycles. The van der Waals surface area contributed by atoms with Crippen LogP contribution in [-0.2, 0) is 0 Å². The molecule has 108 valence electrons. The van der Waals surface area contributed by atoms with Crippen molar-refractivity contribution in [2.45, 2.75) is 0 Å². The molecule has 0 aliphatic carbocycles. The molecule has 0 saturated heterocycles. The zero-order valence-electron chi connectivity index (χ0n) is 11.5. The van der Waals surface area contributed by atoms with E-state index in [1.807, 2.05) is 0 Å². The maximum atomic E-state index is 12.2. The Morgan fingerprint density at radius 3 is 2.43 bits per heavy atom. The molecule has 0 radical (unpaired) electrons. The highest BCUT2D eigenvalue weighted by molar-refractivity contribution is 6.08. The van der Waals surface area contributed by atoms with E-state index in [0.717, 1.165) is 0 Å². The lowest BCUT2D eigenvalue weighted by Crippen LogP contribution is -2.18. The lowest BCUT2D eigenvalue weighted by molar-refractivity contribution is 0.0961. The Hall–Kier alpha value is -3.02. The highest BCUT2D eigenvalue weighted by Gasteiger charge is 2.11. The molecule has 6 heteroatoms. The second-order valence-electron chi connectivity index (χ2n) is 4.46. The number of hydrogen-bond donors (Lipinski definition) is 4. The standard InChI is InChI=1S/C15H16N4O2/c1-18-14(20)9-3-2-4-11(7-9)19-15(21)12-6-5-10(16)8-13(12)17/h2-8H,16-17H2,1H3,(H,18,20)(H,19,21). The van der Waals surface area contributed by atoms with E-state index in [9.17, 15) is 9.59 Å². The van der Waals surface area contributed by atoms with Crippen LogP contribution in [0.25, 0.3) is 0 Å². The Bertz CT molecular complexity index is 698. The summed E-state index contributed by atoms with van der Waals surface area (Å²) in [6.45, 7) is 0. The number of carbonyl (C=O) groups is 2. The van der Waals surface area contributed by atoms with Gasteiger partial charge in [0.15, 0.2) is 0 Å². The summed E-state index contributed by atoms with van der Waals surface area (Å²) in [5, 5.41) is 5.22. The second-order valence-corrected chi connectivity index (χ2v) is 4.46. The van der Waals surface area contributed by atoms with Crippen molar-refractivity contribution in [3.63, 3.8) is 0 Å². The first-order valence-electron chi connectivity index (χ1n) is 6.29. The number of anilines is 3. The molecule has 0 aliphatic heterocycles. The first kappa shape index (κ1) is 14.4. The van der Waals surface area contributed by atoms with Crippen LogP contribution >= 0.6 is 0 Å². The van der Waals surface area contributed by atoms with E-state index in [0.29, 0.717) is 28.2 Å². The molecule has 6 nitrogen and oxygen atoms in total. The summed E-state index contributed by atoms with van der Waals surface area (Å²) in [5.74, 6) is -0.584. The molecule has 0 aromatic heterocycles. The predicted octanol–water partition coefficient (Wildman–Crippen LogP) is 1.46. The highest BCUT2D eigenvalue weighted by atomic mass is 16.2. The van der Waals surface area contributed by atoms with E-state index in [-0.39, 0.29) is 11.8 Å². The average molecular weight is 284 g/mol. The summed E-state index contributed by atoms with van der Waals surface area (Å²) in [5.41, 5.74) is 13.5. The minimum absolute atomic E-state index is 0.224. The topological polar surface area (TPSA) is 110 Å². The Morgan fingerprint density at radius 2 is 1.76 bits per heavy atom. The van der Waals surface area contributed by atoms with Crippen LogP contribution in [0.5, 0.6) is 0 Å². The van der Waals surface area contributed by atoms with E-state index < -0.39 is 0 Å². The summed E-state index contributed by atoms with van der Waals surface area (Å²) >= 11 is 0. The number of hydrogen-bond acceptors (Lipinski definition) is 4. The molecule has 0 heterocycles. The Kier molecular flexibility index (Phi) is 4.08. The Balaban J connectivity index is 2.21.